The third kappa shape index (κ3) is 4.57. The summed E-state index contributed by atoms with van der Waals surface area (Å²) >= 11 is 0. The number of aryl methyl sites for hydroxylation is 1. The van der Waals surface area contributed by atoms with Gasteiger partial charge in [-0.15, -0.1) is 0 Å². The van der Waals surface area contributed by atoms with Crippen LogP contribution in [0.5, 0.6) is 5.75 Å². The molecule has 0 aliphatic carbocycles. The number of amides is 1. The van der Waals surface area contributed by atoms with Gasteiger partial charge in [-0.25, -0.2) is 0 Å². The maximum Gasteiger partial charge on any atom is 0.262 e. The maximum absolute atomic E-state index is 12.2. The minimum absolute atomic E-state index is 0.0110. The van der Waals surface area contributed by atoms with Gasteiger partial charge in [0.25, 0.3) is 5.91 Å². The number of nitrogens with one attached hydrogen (secondary N) is 1. The SMILES string of the molecule is Cc1ccc(C(C)C)c(OCC(=O)Nc2ccc(N3CCCC3)cc2)c1. The minimum Gasteiger partial charge on any atom is -0.483 e. The molecule has 0 spiro atoms. The monoisotopic (exact) mass is 352 g/mol. The third-order valence-electron chi connectivity index (χ3n) is 4.77. The van der Waals surface area contributed by atoms with Crippen molar-refractivity contribution in [1.82, 2.24) is 0 Å². The number of carbonyl (C=O) groups excluding carboxylic acids is 1. The summed E-state index contributed by atoms with van der Waals surface area (Å²) in [6, 6.07) is 14.2. The Morgan fingerprint density at radius 1 is 1.12 bits per heavy atom. The molecule has 1 fully saturated rings. The van der Waals surface area contributed by atoms with Crippen LogP contribution in [-0.4, -0.2) is 25.6 Å². The second-order valence-corrected chi connectivity index (χ2v) is 7.27. The van der Waals surface area contributed by atoms with E-state index in [2.05, 4.69) is 48.3 Å². The van der Waals surface area contributed by atoms with Crippen LogP contribution in [0, 0.1) is 6.92 Å². The van der Waals surface area contributed by atoms with E-state index in [1.807, 2.05) is 25.1 Å². The average Bonchev–Trinajstić information content (AvgIpc) is 3.15. The number of hydrogen-bond acceptors (Lipinski definition) is 3. The van der Waals surface area contributed by atoms with Crippen molar-refractivity contribution in [2.75, 3.05) is 29.9 Å². The van der Waals surface area contributed by atoms with Crippen LogP contribution in [0.4, 0.5) is 11.4 Å². The molecule has 0 aromatic heterocycles. The van der Waals surface area contributed by atoms with Gasteiger partial charge in [-0.3, -0.25) is 4.79 Å². The lowest BCUT2D eigenvalue weighted by molar-refractivity contribution is -0.118. The molecule has 4 nitrogen and oxygen atoms in total. The fourth-order valence-corrected chi connectivity index (χ4v) is 3.31. The Labute approximate surface area is 156 Å². The number of hydrogen-bond donors (Lipinski definition) is 1. The Morgan fingerprint density at radius 2 is 1.81 bits per heavy atom. The van der Waals surface area contributed by atoms with Crippen LogP contribution in [0.3, 0.4) is 0 Å². The van der Waals surface area contributed by atoms with Crippen LogP contribution in [-0.2, 0) is 4.79 Å². The second-order valence-electron chi connectivity index (χ2n) is 7.27. The molecule has 0 saturated carbocycles. The highest BCUT2D eigenvalue weighted by Gasteiger charge is 2.13. The minimum atomic E-state index is -0.143. The highest BCUT2D eigenvalue weighted by molar-refractivity contribution is 5.92. The highest BCUT2D eigenvalue weighted by atomic mass is 16.5. The number of benzene rings is 2. The van der Waals surface area contributed by atoms with Gasteiger partial charge in [0, 0.05) is 24.5 Å². The Balaban J connectivity index is 1.57. The summed E-state index contributed by atoms with van der Waals surface area (Å²) in [7, 11) is 0. The standard InChI is InChI=1S/C22H28N2O2/c1-16(2)20-11-6-17(3)14-21(20)26-15-22(25)23-18-7-9-19(10-8-18)24-12-4-5-13-24/h6-11,14,16H,4-5,12-13,15H2,1-3H3,(H,23,25). The first-order valence-corrected chi connectivity index (χ1v) is 9.41. The zero-order chi connectivity index (χ0) is 18.5. The summed E-state index contributed by atoms with van der Waals surface area (Å²) in [5.41, 5.74) is 4.27. The second kappa shape index (κ2) is 8.26. The van der Waals surface area contributed by atoms with Crippen molar-refractivity contribution >= 4 is 17.3 Å². The molecular weight excluding hydrogens is 324 g/mol. The average molecular weight is 352 g/mol. The lowest BCUT2D eigenvalue weighted by Crippen LogP contribution is -2.21. The molecule has 3 rings (SSSR count). The Bertz CT molecular complexity index is 747. The lowest BCUT2D eigenvalue weighted by atomic mass is 10.0. The molecule has 1 aliphatic heterocycles. The van der Waals surface area contributed by atoms with Crippen molar-refractivity contribution in [3.05, 3.63) is 53.6 Å². The zero-order valence-corrected chi connectivity index (χ0v) is 15.9. The zero-order valence-electron chi connectivity index (χ0n) is 15.9. The van der Waals surface area contributed by atoms with Gasteiger partial charge in [-0.05, 0) is 67.1 Å². The molecule has 1 heterocycles. The van der Waals surface area contributed by atoms with Crippen LogP contribution >= 0.6 is 0 Å². The summed E-state index contributed by atoms with van der Waals surface area (Å²) in [6.07, 6.45) is 2.51. The molecule has 2 aromatic rings. The molecule has 0 unspecified atom stereocenters. The Kier molecular flexibility index (Phi) is 5.82. The van der Waals surface area contributed by atoms with E-state index < -0.39 is 0 Å². The fraction of sp³-hybridized carbons (Fsp3) is 0.409. The summed E-state index contributed by atoms with van der Waals surface area (Å²) in [6.45, 7) is 8.53. The molecule has 0 radical (unpaired) electrons. The summed E-state index contributed by atoms with van der Waals surface area (Å²) < 4.78 is 5.80. The molecule has 0 bridgehead atoms. The normalized spacial score (nSPS) is 13.9. The molecule has 1 aliphatic rings. The smallest absolute Gasteiger partial charge is 0.262 e. The Hall–Kier alpha value is -2.49. The van der Waals surface area contributed by atoms with E-state index in [-0.39, 0.29) is 12.5 Å². The van der Waals surface area contributed by atoms with E-state index in [4.69, 9.17) is 4.74 Å². The van der Waals surface area contributed by atoms with E-state index in [1.165, 1.54) is 18.5 Å². The van der Waals surface area contributed by atoms with Crippen LogP contribution < -0.4 is 15.0 Å². The van der Waals surface area contributed by atoms with Crippen molar-refractivity contribution in [3.8, 4) is 5.75 Å². The van der Waals surface area contributed by atoms with Crippen molar-refractivity contribution in [2.24, 2.45) is 0 Å². The van der Waals surface area contributed by atoms with Gasteiger partial charge in [-0.2, -0.15) is 0 Å². The molecule has 4 heteroatoms. The molecule has 26 heavy (non-hydrogen) atoms. The van der Waals surface area contributed by atoms with Crippen LogP contribution in [0.1, 0.15) is 43.7 Å². The quantitative estimate of drug-likeness (QED) is 0.817. The highest BCUT2D eigenvalue weighted by Crippen LogP contribution is 2.27. The number of carbonyl (C=O) groups is 1. The molecule has 138 valence electrons. The number of anilines is 2. The predicted molar refractivity (Wildman–Crippen MR) is 107 cm³/mol. The number of rotatable bonds is 6. The van der Waals surface area contributed by atoms with Gasteiger partial charge in [0.05, 0.1) is 0 Å². The van der Waals surface area contributed by atoms with Gasteiger partial charge in [-0.1, -0.05) is 26.0 Å². The van der Waals surface area contributed by atoms with Crippen LogP contribution in [0.2, 0.25) is 0 Å². The molecule has 1 amide bonds. The first kappa shape index (κ1) is 18.3. The maximum atomic E-state index is 12.2. The molecule has 2 aromatic carbocycles. The van der Waals surface area contributed by atoms with E-state index in [0.29, 0.717) is 5.92 Å². The van der Waals surface area contributed by atoms with E-state index >= 15 is 0 Å². The van der Waals surface area contributed by atoms with Crippen molar-refractivity contribution in [2.45, 2.75) is 39.5 Å². The van der Waals surface area contributed by atoms with Gasteiger partial charge >= 0.3 is 0 Å². The molecule has 1 saturated heterocycles. The van der Waals surface area contributed by atoms with Crippen LogP contribution in [0.15, 0.2) is 42.5 Å². The number of ether oxygens (including phenoxy) is 1. The van der Waals surface area contributed by atoms with Gasteiger partial charge < -0.3 is 15.0 Å². The Morgan fingerprint density at radius 3 is 2.46 bits per heavy atom. The molecule has 0 atom stereocenters. The summed E-state index contributed by atoms with van der Waals surface area (Å²) in [5, 5.41) is 2.91. The molecular formula is C22H28N2O2. The fourth-order valence-electron chi connectivity index (χ4n) is 3.31. The van der Waals surface area contributed by atoms with Gasteiger partial charge in [0.1, 0.15) is 5.75 Å². The number of nitrogens with zero attached hydrogens (tertiary/aromatic N) is 1. The van der Waals surface area contributed by atoms with E-state index in [1.54, 1.807) is 0 Å². The first-order valence-electron chi connectivity index (χ1n) is 9.41. The van der Waals surface area contributed by atoms with E-state index in [0.717, 1.165) is 35.7 Å². The van der Waals surface area contributed by atoms with Gasteiger partial charge in [0.2, 0.25) is 0 Å². The van der Waals surface area contributed by atoms with E-state index in [9.17, 15) is 4.79 Å². The van der Waals surface area contributed by atoms with Crippen LogP contribution in [0.25, 0.3) is 0 Å². The largest absolute Gasteiger partial charge is 0.483 e. The van der Waals surface area contributed by atoms with Gasteiger partial charge in [0.15, 0.2) is 6.61 Å². The van der Waals surface area contributed by atoms with Crippen molar-refractivity contribution < 1.29 is 9.53 Å². The summed E-state index contributed by atoms with van der Waals surface area (Å²) in [4.78, 5) is 14.6. The third-order valence-corrected chi connectivity index (χ3v) is 4.77. The summed E-state index contributed by atoms with van der Waals surface area (Å²) in [5.74, 6) is 1.00. The predicted octanol–water partition coefficient (Wildman–Crippen LogP) is 4.74. The van der Waals surface area contributed by atoms with Crippen molar-refractivity contribution in [1.29, 1.82) is 0 Å². The molecule has 1 N–H and O–H groups in total. The first-order chi connectivity index (χ1) is 12.5. The topological polar surface area (TPSA) is 41.6 Å². The lowest BCUT2D eigenvalue weighted by Gasteiger charge is -2.18. The van der Waals surface area contributed by atoms with Crippen molar-refractivity contribution in [3.63, 3.8) is 0 Å².